The molecule has 0 aliphatic heterocycles. The van der Waals surface area contributed by atoms with Gasteiger partial charge in [0.25, 0.3) is 0 Å². The molecular formula is C10H16ClNO2. The van der Waals surface area contributed by atoms with Crippen molar-refractivity contribution in [2.75, 3.05) is 6.54 Å². The van der Waals surface area contributed by atoms with E-state index in [1.165, 1.54) is 0 Å². The van der Waals surface area contributed by atoms with E-state index in [0.717, 1.165) is 16.7 Å². The van der Waals surface area contributed by atoms with Crippen LogP contribution in [-0.2, 0) is 0 Å². The minimum Gasteiger partial charge on any atom is -0.507 e. The van der Waals surface area contributed by atoms with Gasteiger partial charge in [0, 0.05) is 6.54 Å². The molecule has 0 fully saturated rings. The normalized spacial score (nSPS) is 12.0. The molecule has 0 aliphatic carbocycles. The smallest absolute Gasteiger partial charge is 0.121 e. The lowest BCUT2D eigenvalue weighted by atomic mass is 10.0. The van der Waals surface area contributed by atoms with Crippen LogP contribution in [0.25, 0.3) is 0 Å². The Morgan fingerprint density at radius 1 is 1.29 bits per heavy atom. The predicted molar refractivity (Wildman–Crippen MR) is 58.8 cm³/mol. The molecule has 0 saturated heterocycles. The average Bonchev–Trinajstić information content (AvgIpc) is 2.12. The van der Waals surface area contributed by atoms with Crippen molar-refractivity contribution >= 4 is 12.4 Å². The molecule has 0 amide bonds. The molecule has 0 radical (unpaired) electrons. The molecule has 4 N–H and O–H groups in total. The van der Waals surface area contributed by atoms with Gasteiger partial charge in [0.15, 0.2) is 0 Å². The number of benzene rings is 1. The number of phenolic OH excluding ortho intramolecular Hbond substituents is 1. The van der Waals surface area contributed by atoms with Gasteiger partial charge in [0.05, 0.1) is 6.10 Å². The lowest BCUT2D eigenvalue weighted by molar-refractivity contribution is 0.186. The molecule has 1 aromatic carbocycles. The van der Waals surface area contributed by atoms with Crippen LogP contribution in [0.3, 0.4) is 0 Å². The lowest BCUT2D eigenvalue weighted by Gasteiger charge is -2.11. The van der Waals surface area contributed by atoms with E-state index in [2.05, 4.69) is 0 Å². The number of rotatable bonds is 2. The largest absolute Gasteiger partial charge is 0.507 e. The number of phenols is 1. The number of aromatic hydroxyl groups is 1. The predicted octanol–water partition coefficient (Wildman–Crippen LogP) is 1.42. The van der Waals surface area contributed by atoms with Crippen molar-refractivity contribution < 1.29 is 10.2 Å². The highest BCUT2D eigenvalue weighted by Gasteiger charge is 2.09. The summed E-state index contributed by atoms with van der Waals surface area (Å²) in [7, 11) is 0. The van der Waals surface area contributed by atoms with E-state index < -0.39 is 6.10 Å². The summed E-state index contributed by atoms with van der Waals surface area (Å²) in [5.74, 6) is 0.285. The fourth-order valence-electron chi connectivity index (χ4n) is 1.32. The molecule has 1 unspecified atom stereocenters. The van der Waals surface area contributed by atoms with Crippen molar-refractivity contribution in [2.24, 2.45) is 5.73 Å². The molecule has 0 saturated carbocycles. The third kappa shape index (κ3) is 2.61. The summed E-state index contributed by atoms with van der Waals surface area (Å²) in [5.41, 5.74) is 7.62. The summed E-state index contributed by atoms with van der Waals surface area (Å²) in [6.45, 7) is 3.80. The second-order valence-electron chi connectivity index (χ2n) is 3.25. The second kappa shape index (κ2) is 5.20. The zero-order chi connectivity index (χ0) is 10.0. The first-order valence-electron chi connectivity index (χ1n) is 4.24. The SMILES string of the molecule is Cc1cc(C(O)CN)cc(C)c1O.Cl. The Bertz CT molecular complexity index is 292. The van der Waals surface area contributed by atoms with Crippen molar-refractivity contribution in [2.45, 2.75) is 20.0 Å². The summed E-state index contributed by atoms with van der Waals surface area (Å²) in [6, 6.07) is 3.50. The molecule has 14 heavy (non-hydrogen) atoms. The van der Waals surface area contributed by atoms with Crippen LogP contribution >= 0.6 is 12.4 Å². The summed E-state index contributed by atoms with van der Waals surface area (Å²) in [4.78, 5) is 0. The summed E-state index contributed by atoms with van der Waals surface area (Å²) in [5, 5.41) is 18.9. The molecule has 1 atom stereocenters. The van der Waals surface area contributed by atoms with Crippen LogP contribution in [0.15, 0.2) is 12.1 Å². The Balaban J connectivity index is 0.00000169. The lowest BCUT2D eigenvalue weighted by Crippen LogP contribution is -2.11. The van der Waals surface area contributed by atoms with Crippen LogP contribution in [0, 0.1) is 13.8 Å². The topological polar surface area (TPSA) is 66.5 Å². The third-order valence-corrected chi connectivity index (χ3v) is 2.12. The number of aliphatic hydroxyl groups is 1. The van der Waals surface area contributed by atoms with E-state index in [1.54, 1.807) is 26.0 Å². The van der Waals surface area contributed by atoms with Crippen LogP contribution < -0.4 is 5.73 Å². The molecular weight excluding hydrogens is 202 g/mol. The second-order valence-corrected chi connectivity index (χ2v) is 3.25. The Morgan fingerprint density at radius 3 is 2.07 bits per heavy atom. The molecule has 0 aliphatic rings. The van der Waals surface area contributed by atoms with Crippen molar-refractivity contribution in [3.8, 4) is 5.75 Å². The number of halogens is 1. The van der Waals surface area contributed by atoms with Crippen LogP contribution in [0.4, 0.5) is 0 Å². The van der Waals surface area contributed by atoms with E-state index in [9.17, 15) is 10.2 Å². The van der Waals surface area contributed by atoms with Gasteiger partial charge >= 0.3 is 0 Å². The highest BCUT2D eigenvalue weighted by molar-refractivity contribution is 5.85. The van der Waals surface area contributed by atoms with Gasteiger partial charge in [-0.25, -0.2) is 0 Å². The first kappa shape index (κ1) is 13.2. The molecule has 80 valence electrons. The van der Waals surface area contributed by atoms with Crippen LogP contribution in [0.5, 0.6) is 5.75 Å². The zero-order valence-electron chi connectivity index (χ0n) is 8.32. The number of aryl methyl sites for hydroxylation is 2. The summed E-state index contributed by atoms with van der Waals surface area (Å²) < 4.78 is 0. The van der Waals surface area contributed by atoms with Gasteiger partial charge in [-0.15, -0.1) is 12.4 Å². The van der Waals surface area contributed by atoms with E-state index >= 15 is 0 Å². The van der Waals surface area contributed by atoms with Crippen LogP contribution in [-0.4, -0.2) is 16.8 Å². The molecule has 1 aromatic rings. The molecule has 0 heterocycles. The van der Waals surface area contributed by atoms with Crippen LogP contribution in [0.1, 0.15) is 22.8 Å². The third-order valence-electron chi connectivity index (χ3n) is 2.12. The molecule has 4 heteroatoms. The highest BCUT2D eigenvalue weighted by Crippen LogP contribution is 2.25. The maximum absolute atomic E-state index is 9.47. The van der Waals surface area contributed by atoms with Gasteiger partial charge in [-0.05, 0) is 42.7 Å². The van der Waals surface area contributed by atoms with Gasteiger partial charge in [-0.2, -0.15) is 0 Å². The molecule has 1 rings (SSSR count). The van der Waals surface area contributed by atoms with Crippen LogP contribution in [0.2, 0.25) is 0 Å². The first-order valence-corrected chi connectivity index (χ1v) is 4.24. The first-order chi connectivity index (χ1) is 6.06. The Kier molecular flexibility index (Phi) is 4.91. The minimum atomic E-state index is -0.641. The number of hydrogen-bond acceptors (Lipinski definition) is 3. The Hall–Kier alpha value is -0.770. The number of hydrogen-bond donors (Lipinski definition) is 3. The van der Waals surface area contributed by atoms with E-state index in [0.29, 0.717) is 0 Å². The van der Waals surface area contributed by atoms with Crippen molar-refractivity contribution in [3.05, 3.63) is 28.8 Å². The Morgan fingerprint density at radius 2 is 1.71 bits per heavy atom. The number of nitrogens with two attached hydrogens (primary N) is 1. The molecule has 0 bridgehead atoms. The molecule has 3 nitrogen and oxygen atoms in total. The minimum absolute atomic E-state index is 0. The molecule has 0 aromatic heterocycles. The van der Waals surface area contributed by atoms with E-state index in [1.807, 2.05) is 0 Å². The average molecular weight is 218 g/mol. The Labute approximate surface area is 90.0 Å². The zero-order valence-corrected chi connectivity index (χ0v) is 9.14. The van der Waals surface area contributed by atoms with Crippen molar-refractivity contribution in [1.82, 2.24) is 0 Å². The van der Waals surface area contributed by atoms with E-state index in [4.69, 9.17) is 5.73 Å². The summed E-state index contributed by atoms with van der Waals surface area (Å²) in [6.07, 6.45) is -0.641. The van der Waals surface area contributed by atoms with Gasteiger partial charge in [-0.1, -0.05) is 0 Å². The van der Waals surface area contributed by atoms with Gasteiger partial charge in [0.1, 0.15) is 5.75 Å². The van der Waals surface area contributed by atoms with Gasteiger partial charge < -0.3 is 15.9 Å². The molecule has 0 spiro atoms. The van der Waals surface area contributed by atoms with Crippen molar-refractivity contribution in [1.29, 1.82) is 0 Å². The number of aliphatic hydroxyl groups excluding tert-OH is 1. The monoisotopic (exact) mass is 217 g/mol. The van der Waals surface area contributed by atoms with Crippen molar-refractivity contribution in [3.63, 3.8) is 0 Å². The van der Waals surface area contributed by atoms with Gasteiger partial charge in [0.2, 0.25) is 0 Å². The summed E-state index contributed by atoms with van der Waals surface area (Å²) >= 11 is 0. The van der Waals surface area contributed by atoms with E-state index in [-0.39, 0.29) is 24.7 Å². The highest BCUT2D eigenvalue weighted by atomic mass is 35.5. The standard InChI is InChI=1S/C10H15NO2.ClH/c1-6-3-8(9(12)5-11)4-7(2)10(6)13;/h3-4,9,12-13H,5,11H2,1-2H3;1H. The van der Waals surface area contributed by atoms with Gasteiger partial charge in [-0.3, -0.25) is 0 Å². The fourth-order valence-corrected chi connectivity index (χ4v) is 1.32. The maximum atomic E-state index is 9.47. The quantitative estimate of drug-likeness (QED) is 0.702. The maximum Gasteiger partial charge on any atom is 0.121 e. The fraction of sp³-hybridized carbons (Fsp3) is 0.400.